The molecule has 0 radical (unpaired) electrons. The lowest BCUT2D eigenvalue weighted by Crippen LogP contribution is -2.55. The fraction of sp³-hybridized carbons (Fsp3) is 0.917. The van der Waals surface area contributed by atoms with E-state index in [1.165, 1.54) is 38.5 Å². The maximum atomic E-state index is 12.2. The number of carboxylic acids is 1. The highest BCUT2D eigenvalue weighted by atomic mass is 16.5. The first kappa shape index (κ1) is 21.9. The van der Waals surface area contributed by atoms with Crippen LogP contribution in [0, 0.1) is 40.4 Å². The van der Waals surface area contributed by atoms with E-state index in [2.05, 4.69) is 12.2 Å². The van der Waals surface area contributed by atoms with Crippen molar-refractivity contribution in [3.8, 4) is 0 Å². The Balaban J connectivity index is 1.52. The van der Waals surface area contributed by atoms with Crippen LogP contribution in [-0.4, -0.2) is 42.0 Å². The monoisotopic (exact) mass is 421 g/mol. The summed E-state index contributed by atoms with van der Waals surface area (Å²) in [5, 5.41) is 21.6. The molecule has 0 aromatic rings. The maximum absolute atomic E-state index is 12.2. The van der Waals surface area contributed by atoms with E-state index in [4.69, 9.17) is 9.84 Å². The molecule has 0 spiro atoms. The number of carbonyl (C=O) groups is 2. The second-order valence-electron chi connectivity index (χ2n) is 10.7. The molecule has 0 saturated heterocycles. The summed E-state index contributed by atoms with van der Waals surface area (Å²) in [6.45, 7) is 3.13. The zero-order chi connectivity index (χ0) is 21.4. The molecule has 2 unspecified atom stereocenters. The summed E-state index contributed by atoms with van der Waals surface area (Å²) in [5.41, 5.74) is -0.00363. The van der Waals surface area contributed by atoms with Crippen LogP contribution in [0.5, 0.6) is 0 Å². The number of carbonyl (C=O) groups excluding carboxylic acids is 1. The molecule has 4 aliphatic carbocycles. The first-order valence-corrected chi connectivity index (χ1v) is 12.2. The van der Waals surface area contributed by atoms with E-state index >= 15 is 0 Å². The Kier molecular flexibility index (Phi) is 6.34. The van der Waals surface area contributed by atoms with Gasteiger partial charge in [0.05, 0.1) is 12.5 Å². The molecule has 6 heteroatoms. The molecule has 6 nitrogen and oxygen atoms in total. The van der Waals surface area contributed by atoms with Gasteiger partial charge in [-0.25, -0.2) is 4.79 Å². The molecule has 4 fully saturated rings. The number of nitrogens with one attached hydrogen (secondary N) is 1. The Labute approximate surface area is 180 Å². The largest absolute Gasteiger partial charge is 0.481 e. The van der Waals surface area contributed by atoms with Gasteiger partial charge < -0.3 is 20.3 Å². The first-order chi connectivity index (χ1) is 14.4. The van der Waals surface area contributed by atoms with Crippen molar-refractivity contribution in [2.45, 2.75) is 77.6 Å². The zero-order valence-electron chi connectivity index (χ0n) is 18.4. The molecule has 0 heterocycles. The molecular weight excluding hydrogens is 382 g/mol. The molecule has 3 N–H and O–H groups in total. The van der Waals surface area contributed by atoms with Crippen LogP contribution in [-0.2, 0) is 9.53 Å². The van der Waals surface area contributed by atoms with Gasteiger partial charge in [0, 0.05) is 18.6 Å². The average Bonchev–Trinajstić information content (AvgIpc) is 3.12. The predicted octanol–water partition coefficient (Wildman–Crippen LogP) is 4.21. The number of alkyl carbamates (subject to hydrolysis) is 1. The van der Waals surface area contributed by atoms with Crippen molar-refractivity contribution < 1.29 is 24.5 Å². The summed E-state index contributed by atoms with van der Waals surface area (Å²) in [4.78, 5) is 24.4. The quantitative estimate of drug-likeness (QED) is 0.558. The summed E-state index contributed by atoms with van der Waals surface area (Å²) in [7, 11) is 0. The van der Waals surface area contributed by atoms with Gasteiger partial charge in [0.2, 0.25) is 0 Å². The molecule has 0 aliphatic heterocycles. The topological polar surface area (TPSA) is 95.9 Å². The summed E-state index contributed by atoms with van der Waals surface area (Å²) >= 11 is 0. The highest BCUT2D eigenvalue weighted by Crippen LogP contribution is 2.67. The Morgan fingerprint density at radius 3 is 2.63 bits per heavy atom. The van der Waals surface area contributed by atoms with Crippen LogP contribution in [0.4, 0.5) is 4.79 Å². The number of carboxylic acid groups (broad SMARTS) is 1. The second-order valence-corrected chi connectivity index (χ2v) is 10.7. The number of hydrogen-bond donors (Lipinski definition) is 3. The fourth-order valence-electron chi connectivity index (χ4n) is 8.28. The van der Waals surface area contributed by atoms with Crippen LogP contribution in [0.3, 0.4) is 0 Å². The summed E-state index contributed by atoms with van der Waals surface area (Å²) in [6, 6.07) is 0. The van der Waals surface area contributed by atoms with E-state index in [0.717, 1.165) is 25.2 Å². The maximum Gasteiger partial charge on any atom is 0.407 e. The number of aliphatic hydroxyl groups is 1. The number of aliphatic hydroxyl groups excluding tert-OH is 1. The SMILES string of the molecule is C[C@]12CCCCC1CC[C@H]1[C@@H]3CCC(C(=O)O)[C@@]3(COC(=O)NCCCO)CC[C@@H]12. The van der Waals surface area contributed by atoms with Crippen molar-refractivity contribution in [1.82, 2.24) is 5.32 Å². The summed E-state index contributed by atoms with van der Waals surface area (Å²) < 4.78 is 5.63. The first-order valence-electron chi connectivity index (χ1n) is 12.2. The second kappa shape index (κ2) is 8.68. The molecule has 170 valence electrons. The predicted molar refractivity (Wildman–Crippen MR) is 113 cm³/mol. The molecule has 4 rings (SSSR count). The highest BCUT2D eigenvalue weighted by Gasteiger charge is 2.63. The molecule has 4 saturated carbocycles. The van der Waals surface area contributed by atoms with Gasteiger partial charge in [-0.05, 0) is 86.9 Å². The van der Waals surface area contributed by atoms with Crippen LogP contribution in [0.1, 0.15) is 77.6 Å². The molecule has 7 atom stereocenters. The lowest BCUT2D eigenvalue weighted by atomic mass is 9.44. The van der Waals surface area contributed by atoms with Gasteiger partial charge in [-0.1, -0.05) is 19.8 Å². The third-order valence-electron chi connectivity index (χ3n) is 9.67. The molecule has 4 aliphatic rings. The number of hydrogen-bond acceptors (Lipinski definition) is 4. The summed E-state index contributed by atoms with van der Waals surface area (Å²) in [5.74, 6) is 1.32. The number of amides is 1. The minimum Gasteiger partial charge on any atom is -0.481 e. The fourth-order valence-corrected chi connectivity index (χ4v) is 8.28. The number of ether oxygens (including phenoxy) is 1. The van der Waals surface area contributed by atoms with E-state index in [1.807, 2.05) is 0 Å². The zero-order valence-corrected chi connectivity index (χ0v) is 18.4. The molecule has 0 aromatic carbocycles. The third kappa shape index (κ3) is 3.63. The van der Waals surface area contributed by atoms with E-state index in [1.54, 1.807) is 0 Å². The van der Waals surface area contributed by atoms with E-state index in [-0.39, 0.29) is 13.2 Å². The smallest absolute Gasteiger partial charge is 0.407 e. The van der Waals surface area contributed by atoms with E-state index in [0.29, 0.717) is 42.6 Å². The number of rotatable bonds is 6. The minimum absolute atomic E-state index is 0.0240. The van der Waals surface area contributed by atoms with Crippen molar-refractivity contribution in [2.75, 3.05) is 19.8 Å². The Morgan fingerprint density at radius 2 is 1.87 bits per heavy atom. The third-order valence-corrected chi connectivity index (χ3v) is 9.67. The average molecular weight is 422 g/mol. The van der Waals surface area contributed by atoms with Gasteiger partial charge in [0.1, 0.15) is 0 Å². The van der Waals surface area contributed by atoms with Gasteiger partial charge in [-0.15, -0.1) is 0 Å². The molecule has 0 aromatic heterocycles. The Hall–Kier alpha value is -1.30. The van der Waals surface area contributed by atoms with Crippen LogP contribution in [0.25, 0.3) is 0 Å². The Bertz CT molecular complexity index is 654. The van der Waals surface area contributed by atoms with E-state index in [9.17, 15) is 14.7 Å². The van der Waals surface area contributed by atoms with E-state index < -0.39 is 23.4 Å². The van der Waals surface area contributed by atoms with Crippen molar-refractivity contribution in [1.29, 1.82) is 0 Å². The van der Waals surface area contributed by atoms with Gasteiger partial charge >= 0.3 is 12.1 Å². The van der Waals surface area contributed by atoms with Gasteiger partial charge in [0.25, 0.3) is 0 Å². The highest BCUT2D eigenvalue weighted by molar-refractivity contribution is 5.72. The molecular formula is C24H39NO5. The van der Waals surface area contributed by atoms with Crippen LogP contribution >= 0.6 is 0 Å². The van der Waals surface area contributed by atoms with Crippen molar-refractivity contribution in [3.05, 3.63) is 0 Å². The molecule has 1 amide bonds. The number of aliphatic carboxylic acids is 1. The van der Waals surface area contributed by atoms with Gasteiger partial charge in [-0.2, -0.15) is 0 Å². The van der Waals surface area contributed by atoms with Crippen LogP contribution < -0.4 is 5.32 Å². The molecule has 0 bridgehead atoms. The Morgan fingerprint density at radius 1 is 1.03 bits per heavy atom. The number of fused-ring (bicyclic) bond motifs is 5. The summed E-state index contributed by atoms with van der Waals surface area (Å²) in [6.07, 6.45) is 11.5. The standard InChI is InChI=1S/C24H39NO5/c1-23-11-3-2-5-16(23)6-7-17-18(23)10-12-24(15-30-22(29)25-13-4-14-26)19(17)8-9-20(24)21(27)28/h16-20,26H,2-15H2,1H3,(H,25,29)(H,27,28)/t16?,17-,18+,19+,20?,23+,24-/m1/s1. The van der Waals surface area contributed by atoms with Crippen LogP contribution in [0.15, 0.2) is 0 Å². The normalized spacial score (nSPS) is 42.5. The van der Waals surface area contributed by atoms with Crippen molar-refractivity contribution >= 4 is 12.1 Å². The lowest BCUT2D eigenvalue weighted by molar-refractivity contribution is -0.158. The van der Waals surface area contributed by atoms with Crippen molar-refractivity contribution in [3.63, 3.8) is 0 Å². The minimum atomic E-state index is -0.724. The van der Waals surface area contributed by atoms with Gasteiger partial charge in [0.15, 0.2) is 0 Å². The lowest BCUT2D eigenvalue weighted by Gasteiger charge is -2.60. The van der Waals surface area contributed by atoms with Crippen molar-refractivity contribution in [2.24, 2.45) is 40.4 Å². The van der Waals surface area contributed by atoms with Gasteiger partial charge in [-0.3, -0.25) is 4.79 Å². The van der Waals surface area contributed by atoms with Crippen LogP contribution in [0.2, 0.25) is 0 Å². The molecule has 30 heavy (non-hydrogen) atoms.